The first-order valence-corrected chi connectivity index (χ1v) is 5.29. The molecule has 0 unspecified atom stereocenters. The molecule has 0 saturated heterocycles. The van der Waals surface area contributed by atoms with Crippen molar-refractivity contribution in [2.75, 3.05) is 20.2 Å². The van der Waals surface area contributed by atoms with Crippen molar-refractivity contribution in [1.82, 2.24) is 4.90 Å². The van der Waals surface area contributed by atoms with Crippen LogP contribution in [0.2, 0.25) is 0 Å². The smallest absolute Gasteiger partial charge is 0.248 e. The Balaban J connectivity index is 3.65. The van der Waals surface area contributed by atoms with Crippen LogP contribution in [0.1, 0.15) is 34.1 Å². The molecule has 0 rings (SSSR count). The van der Waals surface area contributed by atoms with E-state index in [-0.39, 0.29) is 18.6 Å². The molecule has 0 fully saturated rings. The van der Waals surface area contributed by atoms with E-state index in [1.807, 2.05) is 20.9 Å². The van der Waals surface area contributed by atoms with Gasteiger partial charge in [-0.3, -0.25) is 4.79 Å². The summed E-state index contributed by atoms with van der Waals surface area (Å²) in [7, 11) is 1.83. The second-order valence-electron chi connectivity index (χ2n) is 4.36. The molecule has 0 aliphatic heterocycles. The average Bonchev–Trinajstić information content (AvgIpc) is 2.09. The first-order valence-electron chi connectivity index (χ1n) is 5.29. The van der Waals surface area contributed by atoms with Crippen molar-refractivity contribution in [2.45, 2.75) is 40.2 Å². The second-order valence-corrected chi connectivity index (χ2v) is 4.36. The molecule has 0 aromatic heterocycles. The van der Waals surface area contributed by atoms with Gasteiger partial charge in [-0.15, -0.1) is 0 Å². The van der Waals surface area contributed by atoms with Gasteiger partial charge in [0.25, 0.3) is 0 Å². The largest absolute Gasteiger partial charge is 0.369 e. The second kappa shape index (κ2) is 6.82. The summed E-state index contributed by atoms with van der Waals surface area (Å²) in [5.41, 5.74) is 0. The number of hydrogen-bond acceptors (Lipinski definition) is 2. The van der Waals surface area contributed by atoms with Gasteiger partial charge >= 0.3 is 0 Å². The Hall–Kier alpha value is -0.570. The Morgan fingerprint density at radius 3 is 2.29 bits per heavy atom. The van der Waals surface area contributed by atoms with Crippen LogP contribution in [-0.2, 0) is 9.53 Å². The lowest BCUT2D eigenvalue weighted by molar-refractivity contribution is -0.136. The van der Waals surface area contributed by atoms with Gasteiger partial charge in [0.05, 0.1) is 6.10 Å². The van der Waals surface area contributed by atoms with E-state index in [0.29, 0.717) is 5.92 Å². The quantitative estimate of drug-likeness (QED) is 0.657. The minimum atomic E-state index is 0.0688. The molecular formula is C11H23NO2. The van der Waals surface area contributed by atoms with Gasteiger partial charge in [-0.2, -0.15) is 0 Å². The van der Waals surface area contributed by atoms with Gasteiger partial charge in [0.2, 0.25) is 5.91 Å². The fraction of sp³-hybridized carbons (Fsp3) is 0.909. The average molecular weight is 201 g/mol. The van der Waals surface area contributed by atoms with Crippen molar-refractivity contribution in [1.29, 1.82) is 0 Å². The number of carbonyl (C=O) groups excluding carboxylic acids is 1. The Kier molecular flexibility index (Phi) is 6.54. The number of amides is 1. The van der Waals surface area contributed by atoms with Gasteiger partial charge in [0.15, 0.2) is 0 Å². The molecule has 0 heterocycles. The molecule has 14 heavy (non-hydrogen) atoms. The normalized spacial score (nSPS) is 11.1. The van der Waals surface area contributed by atoms with Crippen molar-refractivity contribution in [3.05, 3.63) is 0 Å². The van der Waals surface area contributed by atoms with Crippen LogP contribution in [0.3, 0.4) is 0 Å². The van der Waals surface area contributed by atoms with Crippen molar-refractivity contribution in [3.63, 3.8) is 0 Å². The van der Waals surface area contributed by atoms with Gasteiger partial charge in [0.1, 0.15) is 6.61 Å². The lowest BCUT2D eigenvalue weighted by atomic mass is 10.1. The van der Waals surface area contributed by atoms with Crippen LogP contribution in [-0.4, -0.2) is 37.1 Å². The molecule has 0 aromatic rings. The summed E-state index contributed by atoms with van der Waals surface area (Å²) in [4.78, 5) is 13.2. The Morgan fingerprint density at radius 2 is 1.86 bits per heavy atom. The number of likely N-dealkylation sites (N-methyl/N-ethyl adjacent to an activating group) is 1. The van der Waals surface area contributed by atoms with E-state index < -0.39 is 0 Å². The van der Waals surface area contributed by atoms with Crippen LogP contribution in [0, 0.1) is 5.92 Å². The molecule has 0 saturated carbocycles. The molecule has 0 N–H and O–H groups in total. The molecule has 0 atom stereocenters. The highest BCUT2D eigenvalue weighted by atomic mass is 16.5. The SMILES string of the molecule is CC(C)CCN(C)C(=O)COC(C)C. The van der Waals surface area contributed by atoms with Crippen molar-refractivity contribution in [3.8, 4) is 0 Å². The van der Waals surface area contributed by atoms with Gasteiger partial charge in [-0.1, -0.05) is 13.8 Å². The zero-order valence-electron chi connectivity index (χ0n) is 10.0. The van der Waals surface area contributed by atoms with Gasteiger partial charge in [-0.05, 0) is 26.2 Å². The zero-order valence-corrected chi connectivity index (χ0v) is 10.0. The molecule has 84 valence electrons. The third-order valence-electron chi connectivity index (χ3n) is 2.01. The zero-order chi connectivity index (χ0) is 11.1. The molecule has 0 aliphatic carbocycles. The Bertz CT molecular complexity index is 167. The van der Waals surface area contributed by atoms with E-state index in [0.717, 1.165) is 13.0 Å². The van der Waals surface area contributed by atoms with Crippen LogP contribution in [0.5, 0.6) is 0 Å². The number of ether oxygens (including phenoxy) is 1. The van der Waals surface area contributed by atoms with E-state index in [9.17, 15) is 4.79 Å². The highest BCUT2D eigenvalue weighted by molar-refractivity contribution is 5.77. The molecule has 0 spiro atoms. The summed E-state index contributed by atoms with van der Waals surface area (Å²) in [5.74, 6) is 0.704. The van der Waals surface area contributed by atoms with E-state index in [2.05, 4.69) is 13.8 Å². The number of rotatable bonds is 6. The summed E-state index contributed by atoms with van der Waals surface area (Å²) in [6.07, 6.45) is 1.17. The maximum atomic E-state index is 11.5. The minimum Gasteiger partial charge on any atom is -0.369 e. The number of nitrogens with zero attached hydrogens (tertiary/aromatic N) is 1. The predicted octanol–water partition coefficient (Wildman–Crippen LogP) is 1.92. The van der Waals surface area contributed by atoms with E-state index in [4.69, 9.17) is 4.74 Å². The van der Waals surface area contributed by atoms with Crippen molar-refractivity contribution in [2.24, 2.45) is 5.92 Å². The van der Waals surface area contributed by atoms with Gasteiger partial charge in [-0.25, -0.2) is 0 Å². The molecule has 3 heteroatoms. The number of hydrogen-bond donors (Lipinski definition) is 0. The Labute approximate surface area is 87.4 Å². The molecule has 3 nitrogen and oxygen atoms in total. The van der Waals surface area contributed by atoms with Crippen LogP contribution < -0.4 is 0 Å². The summed E-state index contributed by atoms with van der Waals surface area (Å²) < 4.78 is 5.24. The monoisotopic (exact) mass is 201 g/mol. The first kappa shape index (κ1) is 13.4. The van der Waals surface area contributed by atoms with Crippen LogP contribution in [0.15, 0.2) is 0 Å². The van der Waals surface area contributed by atoms with E-state index in [1.54, 1.807) is 4.90 Å². The van der Waals surface area contributed by atoms with Crippen molar-refractivity contribution < 1.29 is 9.53 Å². The Morgan fingerprint density at radius 1 is 1.29 bits per heavy atom. The maximum Gasteiger partial charge on any atom is 0.248 e. The van der Waals surface area contributed by atoms with E-state index >= 15 is 0 Å². The van der Waals surface area contributed by atoms with Gasteiger partial charge in [0, 0.05) is 13.6 Å². The highest BCUT2D eigenvalue weighted by Gasteiger charge is 2.09. The summed E-state index contributed by atoms with van der Waals surface area (Å²) in [6.45, 7) is 9.19. The van der Waals surface area contributed by atoms with Crippen LogP contribution >= 0.6 is 0 Å². The van der Waals surface area contributed by atoms with Crippen LogP contribution in [0.25, 0.3) is 0 Å². The topological polar surface area (TPSA) is 29.5 Å². The maximum absolute atomic E-state index is 11.5. The summed E-state index contributed by atoms with van der Waals surface area (Å²) in [5, 5.41) is 0. The molecule has 1 amide bonds. The fourth-order valence-corrected chi connectivity index (χ4v) is 0.925. The van der Waals surface area contributed by atoms with Crippen LogP contribution in [0.4, 0.5) is 0 Å². The lowest BCUT2D eigenvalue weighted by Crippen LogP contribution is -2.32. The highest BCUT2D eigenvalue weighted by Crippen LogP contribution is 2.01. The molecule has 0 radical (unpaired) electrons. The summed E-state index contributed by atoms with van der Waals surface area (Å²) >= 11 is 0. The summed E-state index contributed by atoms with van der Waals surface area (Å²) in [6, 6.07) is 0. The third-order valence-corrected chi connectivity index (χ3v) is 2.01. The molecule has 0 bridgehead atoms. The third kappa shape index (κ3) is 6.89. The lowest BCUT2D eigenvalue weighted by Gasteiger charge is -2.18. The van der Waals surface area contributed by atoms with Crippen molar-refractivity contribution >= 4 is 5.91 Å². The standard InChI is InChI=1S/C11H23NO2/c1-9(2)6-7-12(5)11(13)8-14-10(3)4/h9-10H,6-8H2,1-5H3. The fourth-order valence-electron chi connectivity index (χ4n) is 0.925. The molecular weight excluding hydrogens is 178 g/mol. The molecule has 0 aliphatic rings. The predicted molar refractivity (Wildman–Crippen MR) is 58.2 cm³/mol. The number of carbonyl (C=O) groups is 1. The molecule has 0 aromatic carbocycles. The van der Waals surface area contributed by atoms with E-state index in [1.165, 1.54) is 0 Å². The first-order chi connectivity index (χ1) is 6.43. The minimum absolute atomic E-state index is 0.0688. The van der Waals surface area contributed by atoms with Gasteiger partial charge < -0.3 is 9.64 Å².